The Hall–Kier alpha value is -2.32. The normalized spacial score (nSPS) is 16.9. The van der Waals surface area contributed by atoms with Gasteiger partial charge in [-0.2, -0.15) is 5.10 Å². The third-order valence-electron chi connectivity index (χ3n) is 4.66. The van der Waals surface area contributed by atoms with Gasteiger partial charge >= 0.3 is 0 Å². The highest BCUT2D eigenvalue weighted by Gasteiger charge is 2.35. The summed E-state index contributed by atoms with van der Waals surface area (Å²) in [6.07, 6.45) is 10.1. The number of rotatable bonds is 7. The molecule has 1 fully saturated rings. The summed E-state index contributed by atoms with van der Waals surface area (Å²) in [4.78, 5) is 16.6. The van der Waals surface area contributed by atoms with Gasteiger partial charge in [-0.1, -0.05) is 19.3 Å². The van der Waals surface area contributed by atoms with Crippen LogP contribution in [-0.2, 0) is 24.8 Å². The van der Waals surface area contributed by atoms with Crippen LogP contribution in [0.15, 0.2) is 12.7 Å². The molecule has 2 aromatic rings. The van der Waals surface area contributed by atoms with Crippen LogP contribution < -0.4 is 5.32 Å². The van der Waals surface area contributed by atoms with Gasteiger partial charge in [-0.05, 0) is 28.7 Å². The van der Waals surface area contributed by atoms with E-state index in [4.69, 9.17) is 0 Å². The third-order valence-corrected chi connectivity index (χ3v) is 4.66. The fourth-order valence-electron chi connectivity index (χ4n) is 3.50. The lowest BCUT2D eigenvalue weighted by Crippen LogP contribution is -2.37. The molecule has 1 N–H and O–H groups in total. The van der Waals surface area contributed by atoms with Crippen molar-refractivity contribution in [1.29, 1.82) is 0 Å². The molecule has 1 saturated carbocycles. The molecule has 1 amide bonds. The van der Waals surface area contributed by atoms with Crippen molar-refractivity contribution < 1.29 is 4.79 Å². The molecule has 9 nitrogen and oxygen atoms in total. The summed E-state index contributed by atoms with van der Waals surface area (Å²) >= 11 is 0. The third kappa shape index (κ3) is 4.36. The molecule has 0 bridgehead atoms. The lowest BCUT2D eigenvalue weighted by atomic mass is 9.71. The molecule has 1 aliphatic rings. The van der Waals surface area contributed by atoms with Gasteiger partial charge in [-0.25, -0.2) is 9.67 Å². The van der Waals surface area contributed by atoms with Gasteiger partial charge in [-0.3, -0.25) is 9.48 Å². The Bertz CT molecular complexity index is 644. The van der Waals surface area contributed by atoms with Crippen LogP contribution in [0.25, 0.3) is 0 Å². The minimum absolute atomic E-state index is 0.0407. The Balaban J connectivity index is 1.52. The second-order valence-corrected chi connectivity index (χ2v) is 6.68. The molecule has 3 rings (SSSR count). The van der Waals surface area contributed by atoms with E-state index in [1.165, 1.54) is 6.42 Å². The van der Waals surface area contributed by atoms with Crippen LogP contribution in [0.4, 0.5) is 0 Å². The number of nitrogens with zero attached hydrogens (tertiary/aromatic N) is 7. The molecule has 0 saturated heterocycles. The number of tetrazole rings is 1. The fraction of sp³-hybridized carbons (Fsp3) is 0.733. The molecule has 24 heavy (non-hydrogen) atoms. The van der Waals surface area contributed by atoms with Gasteiger partial charge in [0.25, 0.3) is 0 Å². The zero-order valence-electron chi connectivity index (χ0n) is 14.1. The van der Waals surface area contributed by atoms with E-state index in [0.29, 0.717) is 25.9 Å². The molecule has 2 heterocycles. The Labute approximate surface area is 140 Å². The van der Waals surface area contributed by atoms with E-state index >= 15 is 0 Å². The SMILES string of the molecule is Cn1cnc(CCNC(=O)CC2(Cn3cnnn3)CCCCC2)n1. The maximum absolute atomic E-state index is 12.4. The standard InChI is InChI=1S/C15H24N8O/c1-22-11-17-13(19-22)5-8-16-14(24)9-15(6-3-2-4-7-15)10-23-12-18-20-21-23/h11-12H,2-10H2,1H3,(H,16,24). The molecular weight excluding hydrogens is 308 g/mol. The summed E-state index contributed by atoms with van der Waals surface area (Å²) in [5, 5.41) is 18.6. The van der Waals surface area contributed by atoms with E-state index in [0.717, 1.165) is 31.5 Å². The van der Waals surface area contributed by atoms with E-state index < -0.39 is 0 Å². The van der Waals surface area contributed by atoms with Crippen molar-refractivity contribution in [2.24, 2.45) is 12.5 Å². The van der Waals surface area contributed by atoms with Crippen LogP contribution in [0, 0.1) is 5.41 Å². The number of hydrogen-bond acceptors (Lipinski definition) is 6. The Kier molecular flexibility index (Phi) is 5.17. The summed E-state index contributed by atoms with van der Waals surface area (Å²) in [5.74, 6) is 0.833. The van der Waals surface area contributed by atoms with Crippen molar-refractivity contribution >= 4 is 5.91 Å². The monoisotopic (exact) mass is 332 g/mol. The highest BCUT2D eigenvalue weighted by Crippen LogP contribution is 2.40. The van der Waals surface area contributed by atoms with Crippen LogP contribution in [-0.4, -0.2) is 47.4 Å². The van der Waals surface area contributed by atoms with Crippen molar-refractivity contribution in [3.05, 3.63) is 18.5 Å². The first-order chi connectivity index (χ1) is 11.7. The Morgan fingerprint density at radius 3 is 2.79 bits per heavy atom. The molecule has 2 aromatic heterocycles. The number of amides is 1. The summed E-state index contributed by atoms with van der Waals surface area (Å²) in [7, 11) is 1.83. The predicted octanol–water partition coefficient (Wildman–Crippen LogP) is 0.501. The topological polar surface area (TPSA) is 103 Å². The zero-order chi connectivity index (χ0) is 16.8. The average Bonchev–Trinajstić information content (AvgIpc) is 3.20. The number of carbonyl (C=O) groups is 1. The molecule has 130 valence electrons. The average molecular weight is 332 g/mol. The van der Waals surface area contributed by atoms with Crippen molar-refractivity contribution in [2.75, 3.05) is 6.54 Å². The summed E-state index contributed by atoms with van der Waals surface area (Å²) < 4.78 is 3.41. The Morgan fingerprint density at radius 2 is 2.12 bits per heavy atom. The van der Waals surface area contributed by atoms with Crippen LogP contribution in [0.3, 0.4) is 0 Å². The second kappa shape index (κ2) is 7.50. The van der Waals surface area contributed by atoms with Gasteiger partial charge in [0.15, 0.2) is 5.82 Å². The molecule has 0 unspecified atom stereocenters. The number of aromatic nitrogens is 7. The molecule has 9 heteroatoms. The van der Waals surface area contributed by atoms with Gasteiger partial charge in [0.2, 0.25) is 5.91 Å². The first kappa shape index (κ1) is 16.5. The number of hydrogen-bond donors (Lipinski definition) is 1. The summed E-state index contributed by atoms with van der Waals surface area (Å²) in [5.41, 5.74) is -0.0407. The zero-order valence-corrected chi connectivity index (χ0v) is 14.1. The van der Waals surface area contributed by atoms with Gasteiger partial charge in [-0.15, -0.1) is 5.10 Å². The molecule has 0 radical (unpaired) electrons. The lowest BCUT2D eigenvalue weighted by Gasteiger charge is -2.36. The van der Waals surface area contributed by atoms with E-state index in [1.54, 1.807) is 22.0 Å². The summed E-state index contributed by atoms with van der Waals surface area (Å²) in [6, 6.07) is 0. The maximum atomic E-state index is 12.4. The molecule has 0 spiro atoms. The number of aryl methyl sites for hydroxylation is 1. The largest absolute Gasteiger partial charge is 0.356 e. The smallest absolute Gasteiger partial charge is 0.220 e. The van der Waals surface area contributed by atoms with E-state index in [2.05, 4.69) is 30.9 Å². The van der Waals surface area contributed by atoms with Crippen LogP contribution in [0.5, 0.6) is 0 Å². The van der Waals surface area contributed by atoms with Crippen molar-refractivity contribution in [1.82, 2.24) is 40.3 Å². The number of carbonyl (C=O) groups excluding carboxylic acids is 1. The quantitative estimate of drug-likeness (QED) is 0.792. The molecule has 0 aromatic carbocycles. The fourth-order valence-corrected chi connectivity index (χ4v) is 3.50. The van der Waals surface area contributed by atoms with Gasteiger partial charge < -0.3 is 5.32 Å². The van der Waals surface area contributed by atoms with Crippen LogP contribution >= 0.6 is 0 Å². The van der Waals surface area contributed by atoms with Crippen LogP contribution in [0.1, 0.15) is 44.3 Å². The molecular formula is C15H24N8O. The highest BCUT2D eigenvalue weighted by atomic mass is 16.1. The van der Waals surface area contributed by atoms with Gasteiger partial charge in [0.05, 0.1) is 6.54 Å². The minimum Gasteiger partial charge on any atom is -0.356 e. The van der Waals surface area contributed by atoms with E-state index in [-0.39, 0.29) is 11.3 Å². The van der Waals surface area contributed by atoms with Gasteiger partial charge in [0, 0.05) is 26.4 Å². The lowest BCUT2D eigenvalue weighted by molar-refractivity contribution is -0.124. The van der Waals surface area contributed by atoms with Crippen LogP contribution in [0.2, 0.25) is 0 Å². The first-order valence-electron chi connectivity index (χ1n) is 8.47. The second-order valence-electron chi connectivity index (χ2n) is 6.68. The van der Waals surface area contributed by atoms with Gasteiger partial charge in [0.1, 0.15) is 12.7 Å². The van der Waals surface area contributed by atoms with Crippen molar-refractivity contribution in [3.63, 3.8) is 0 Å². The van der Waals surface area contributed by atoms with Crippen molar-refractivity contribution in [3.8, 4) is 0 Å². The summed E-state index contributed by atoms with van der Waals surface area (Å²) in [6.45, 7) is 1.26. The first-order valence-corrected chi connectivity index (χ1v) is 8.47. The maximum Gasteiger partial charge on any atom is 0.220 e. The highest BCUT2D eigenvalue weighted by molar-refractivity contribution is 5.76. The predicted molar refractivity (Wildman–Crippen MR) is 85.7 cm³/mol. The van der Waals surface area contributed by atoms with E-state index in [1.807, 2.05) is 7.05 Å². The molecule has 0 aliphatic heterocycles. The van der Waals surface area contributed by atoms with E-state index in [9.17, 15) is 4.79 Å². The number of nitrogens with one attached hydrogen (secondary N) is 1. The molecule has 0 atom stereocenters. The van der Waals surface area contributed by atoms with Crippen molar-refractivity contribution in [2.45, 2.75) is 51.5 Å². The Morgan fingerprint density at radius 1 is 1.29 bits per heavy atom. The minimum atomic E-state index is -0.0407. The molecule has 1 aliphatic carbocycles.